The van der Waals surface area contributed by atoms with Crippen molar-refractivity contribution in [1.29, 1.82) is 0 Å². The molecule has 0 aliphatic carbocycles. The molecule has 0 saturated heterocycles. The number of aromatic nitrogens is 3. The number of anilines is 1. The molecule has 2 aliphatic rings. The average molecular weight is 397 g/mol. The quantitative estimate of drug-likeness (QED) is 0.626. The average Bonchev–Trinajstić information content (AvgIpc) is 3.11. The molecule has 9 heteroatoms. The molecule has 0 unspecified atom stereocenters. The van der Waals surface area contributed by atoms with Crippen LogP contribution in [0, 0.1) is 5.82 Å². The maximum Gasteiger partial charge on any atom is 0.256 e. The van der Waals surface area contributed by atoms with E-state index in [9.17, 15) is 9.18 Å². The van der Waals surface area contributed by atoms with Crippen LogP contribution in [0.5, 0.6) is 11.5 Å². The second-order valence-electron chi connectivity index (χ2n) is 7.43. The van der Waals surface area contributed by atoms with Crippen molar-refractivity contribution in [2.45, 2.75) is 32.5 Å². The third kappa shape index (κ3) is 3.02. The van der Waals surface area contributed by atoms with Gasteiger partial charge in [0.15, 0.2) is 17.2 Å². The number of carbonyl (C=O) groups is 1. The number of halogens is 1. The number of hydrogen-bond acceptors (Lipinski definition) is 6. The second-order valence-corrected chi connectivity index (χ2v) is 7.43. The Morgan fingerprint density at radius 2 is 2.14 bits per heavy atom. The number of nitrogens with one attached hydrogen (secondary N) is 1. The zero-order chi connectivity index (χ0) is 20.1. The van der Waals surface area contributed by atoms with Gasteiger partial charge in [-0.15, -0.1) is 0 Å². The summed E-state index contributed by atoms with van der Waals surface area (Å²) in [5.41, 5.74) is 1.66. The molecule has 1 amide bonds. The highest BCUT2D eigenvalue weighted by Crippen LogP contribution is 2.35. The molecule has 2 aromatic heterocycles. The van der Waals surface area contributed by atoms with E-state index in [-0.39, 0.29) is 30.4 Å². The first-order chi connectivity index (χ1) is 14.0. The molecule has 150 valence electrons. The van der Waals surface area contributed by atoms with Crippen molar-refractivity contribution < 1.29 is 18.7 Å². The highest BCUT2D eigenvalue weighted by atomic mass is 19.1. The van der Waals surface area contributed by atoms with Crippen molar-refractivity contribution in [3.05, 3.63) is 47.5 Å². The van der Waals surface area contributed by atoms with E-state index < -0.39 is 0 Å². The van der Waals surface area contributed by atoms with Crippen LogP contribution in [-0.4, -0.2) is 45.8 Å². The van der Waals surface area contributed by atoms with Crippen LogP contribution < -0.4 is 19.7 Å². The SMILES string of the molecule is C[C@@H]1COc2cn3ncc4c3nc2N1Cc1ccc(F)cc1O[C@@H](C)CNC4=O. The lowest BCUT2D eigenvalue weighted by Crippen LogP contribution is -2.41. The molecule has 0 radical (unpaired) electrons. The lowest BCUT2D eigenvalue weighted by Gasteiger charge is -2.36. The van der Waals surface area contributed by atoms with E-state index in [2.05, 4.69) is 15.3 Å². The molecule has 8 nitrogen and oxygen atoms in total. The first kappa shape index (κ1) is 17.7. The van der Waals surface area contributed by atoms with Gasteiger partial charge in [-0.1, -0.05) is 6.07 Å². The highest BCUT2D eigenvalue weighted by Gasteiger charge is 2.29. The van der Waals surface area contributed by atoms with Crippen LogP contribution in [0.15, 0.2) is 30.6 Å². The van der Waals surface area contributed by atoms with Crippen molar-refractivity contribution >= 4 is 17.4 Å². The summed E-state index contributed by atoms with van der Waals surface area (Å²) in [5, 5.41) is 7.08. The Morgan fingerprint density at radius 3 is 3.00 bits per heavy atom. The summed E-state index contributed by atoms with van der Waals surface area (Å²) in [6.07, 6.45) is 2.88. The normalized spacial score (nSPS) is 21.3. The Kier molecular flexibility index (Phi) is 4.04. The number of hydrogen-bond donors (Lipinski definition) is 1. The first-order valence-electron chi connectivity index (χ1n) is 9.50. The summed E-state index contributed by atoms with van der Waals surface area (Å²) in [5.74, 6) is 0.988. The lowest BCUT2D eigenvalue weighted by molar-refractivity contribution is 0.0933. The molecule has 2 atom stereocenters. The Morgan fingerprint density at radius 1 is 1.28 bits per heavy atom. The van der Waals surface area contributed by atoms with Crippen LogP contribution >= 0.6 is 0 Å². The summed E-state index contributed by atoms with van der Waals surface area (Å²) in [6, 6.07) is 4.55. The van der Waals surface area contributed by atoms with Gasteiger partial charge in [-0.05, 0) is 19.9 Å². The fourth-order valence-corrected chi connectivity index (χ4v) is 3.64. The molecule has 5 rings (SSSR count). The van der Waals surface area contributed by atoms with E-state index >= 15 is 0 Å². The molecule has 0 fully saturated rings. The van der Waals surface area contributed by atoms with E-state index in [1.807, 2.05) is 13.8 Å². The fourth-order valence-electron chi connectivity index (χ4n) is 3.64. The van der Waals surface area contributed by atoms with Gasteiger partial charge in [0.2, 0.25) is 0 Å². The van der Waals surface area contributed by atoms with E-state index in [1.54, 1.807) is 16.8 Å². The Balaban J connectivity index is 1.69. The minimum Gasteiger partial charge on any atom is -0.488 e. The highest BCUT2D eigenvalue weighted by molar-refractivity contribution is 5.99. The Labute approximate surface area is 166 Å². The largest absolute Gasteiger partial charge is 0.488 e. The topological polar surface area (TPSA) is 81.0 Å². The van der Waals surface area contributed by atoms with Gasteiger partial charge in [-0.3, -0.25) is 4.79 Å². The monoisotopic (exact) mass is 397 g/mol. The van der Waals surface area contributed by atoms with E-state index in [1.165, 1.54) is 18.3 Å². The summed E-state index contributed by atoms with van der Waals surface area (Å²) in [7, 11) is 0. The van der Waals surface area contributed by atoms with Gasteiger partial charge < -0.3 is 19.7 Å². The number of amides is 1. The van der Waals surface area contributed by atoms with Crippen LogP contribution in [0.2, 0.25) is 0 Å². The smallest absolute Gasteiger partial charge is 0.256 e. The van der Waals surface area contributed by atoms with E-state index in [0.717, 1.165) is 5.56 Å². The first-order valence-corrected chi connectivity index (χ1v) is 9.50. The molecule has 4 heterocycles. The molecule has 0 saturated carbocycles. The fraction of sp³-hybridized carbons (Fsp3) is 0.350. The van der Waals surface area contributed by atoms with Gasteiger partial charge in [-0.2, -0.15) is 5.10 Å². The Hall–Kier alpha value is -3.36. The number of benzene rings is 1. The van der Waals surface area contributed by atoms with Gasteiger partial charge >= 0.3 is 0 Å². The molecule has 3 aromatic rings. The molecule has 0 spiro atoms. The molecule has 1 aromatic carbocycles. The molecular formula is C20H20FN5O3. The molecule has 2 aliphatic heterocycles. The van der Waals surface area contributed by atoms with E-state index in [4.69, 9.17) is 14.5 Å². The van der Waals surface area contributed by atoms with Crippen LogP contribution in [0.3, 0.4) is 0 Å². The zero-order valence-corrected chi connectivity index (χ0v) is 16.1. The molecule has 29 heavy (non-hydrogen) atoms. The minimum absolute atomic E-state index is 0.0260. The van der Waals surface area contributed by atoms with Crippen LogP contribution in [-0.2, 0) is 6.54 Å². The van der Waals surface area contributed by atoms with Crippen LogP contribution in [0.25, 0.3) is 5.65 Å². The van der Waals surface area contributed by atoms with E-state index in [0.29, 0.717) is 41.7 Å². The lowest BCUT2D eigenvalue weighted by atomic mass is 10.1. The number of ether oxygens (including phenoxy) is 2. The summed E-state index contributed by atoms with van der Waals surface area (Å²) >= 11 is 0. The summed E-state index contributed by atoms with van der Waals surface area (Å²) in [6.45, 7) is 5.07. The zero-order valence-electron chi connectivity index (χ0n) is 16.1. The maximum absolute atomic E-state index is 13.9. The van der Waals surface area contributed by atoms with Crippen molar-refractivity contribution in [1.82, 2.24) is 19.9 Å². The summed E-state index contributed by atoms with van der Waals surface area (Å²) < 4.78 is 27.3. The van der Waals surface area contributed by atoms with Crippen LogP contribution in [0.4, 0.5) is 10.2 Å². The number of rotatable bonds is 0. The van der Waals surface area contributed by atoms with Gasteiger partial charge in [0.05, 0.1) is 25.0 Å². The maximum atomic E-state index is 13.9. The standard InChI is InChI=1S/C20H20FN5O3/c1-11-10-28-17-9-26-18-15(7-23-26)20(27)22-6-12(2)29-16-5-14(21)4-3-13(16)8-25(11)19(17)24-18/h3-5,7,9,11-12H,6,8,10H2,1-2H3,(H,22,27)/t11-,12+/m1/s1. The van der Waals surface area contributed by atoms with Gasteiger partial charge in [-0.25, -0.2) is 13.9 Å². The molecule has 2 bridgehead atoms. The third-order valence-electron chi connectivity index (χ3n) is 5.22. The predicted molar refractivity (Wildman–Crippen MR) is 103 cm³/mol. The van der Waals surface area contributed by atoms with Crippen molar-refractivity contribution in [2.24, 2.45) is 0 Å². The van der Waals surface area contributed by atoms with Crippen molar-refractivity contribution in [3.63, 3.8) is 0 Å². The van der Waals surface area contributed by atoms with Gasteiger partial charge in [0, 0.05) is 18.2 Å². The molecule has 1 N–H and O–H groups in total. The summed E-state index contributed by atoms with van der Waals surface area (Å²) in [4.78, 5) is 19.5. The predicted octanol–water partition coefficient (Wildman–Crippen LogP) is 2.17. The van der Waals surface area contributed by atoms with Crippen LogP contribution in [0.1, 0.15) is 29.8 Å². The van der Waals surface area contributed by atoms with Crippen molar-refractivity contribution in [2.75, 3.05) is 18.1 Å². The number of carbonyl (C=O) groups excluding carboxylic acids is 1. The number of nitrogens with zero attached hydrogens (tertiary/aromatic N) is 4. The molecular weight excluding hydrogens is 377 g/mol. The third-order valence-corrected chi connectivity index (χ3v) is 5.22. The Bertz CT molecular complexity index is 1110. The minimum atomic E-state index is -0.373. The number of fused-ring (bicyclic) bond motifs is 1. The van der Waals surface area contributed by atoms with Crippen molar-refractivity contribution in [3.8, 4) is 11.5 Å². The van der Waals surface area contributed by atoms with Gasteiger partial charge in [0.25, 0.3) is 5.91 Å². The second kappa shape index (κ2) is 6.61. The van der Waals surface area contributed by atoms with Gasteiger partial charge in [0.1, 0.15) is 29.8 Å².